The number of ether oxygens (including phenoxy) is 1. The molecule has 3 heterocycles. The number of anilines is 1. The van der Waals surface area contributed by atoms with Gasteiger partial charge in [0.1, 0.15) is 0 Å². The summed E-state index contributed by atoms with van der Waals surface area (Å²) < 4.78 is 5.92. The van der Waals surface area contributed by atoms with E-state index >= 15 is 0 Å². The molecule has 0 amide bonds. The lowest BCUT2D eigenvalue weighted by molar-refractivity contribution is -0.164. The Morgan fingerprint density at radius 2 is 2.18 bits per heavy atom. The molecule has 6 heteroatoms. The molecule has 1 atom stereocenters. The smallest absolute Gasteiger partial charge is 0.225 e. The number of hydrogen-bond acceptors (Lipinski definition) is 6. The first-order valence-electron chi connectivity index (χ1n) is 7.93. The van der Waals surface area contributed by atoms with Crippen LogP contribution in [0.5, 0.6) is 0 Å². The second kappa shape index (κ2) is 5.93. The van der Waals surface area contributed by atoms with E-state index in [0.29, 0.717) is 17.2 Å². The molecule has 2 fully saturated rings. The van der Waals surface area contributed by atoms with E-state index in [-0.39, 0.29) is 17.5 Å². The number of nitrogens with zero attached hydrogens (tertiary/aromatic N) is 3. The Balaban J connectivity index is 1.71. The lowest BCUT2D eigenvalue weighted by atomic mass is 9.82. The van der Waals surface area contributed by atoms with Crippen LogP contribution in [0.3, 0.4) is 0 Å². The number of carbonyl (C=O) groups is 1. The van der Waals surface area contributed by atoms with E-state index in [2.05, 4.69) is 14.9 Å². The number of aliphatic hydroxyl groups is 1. The summed E-state index contributed by atoms with van der Waals surface area (Å²) >= 11 is 0. The van der Waals surface area contributed by atoms with Gasteiger partial charge in [-0.15, -0.1) is 0 Å². The lowest BCUT2D eigenvalue weighted by Gasteiger charge is -2.46. The highest BCUT2D eigenvalue weighted by molar-refractivity contribution is 5.94. The minimum atomic E-state index is -0.386. The summed E-state index contributed by atoms with van der Waals surface area (Å²) in [7, 11) is 0. The molecule has 0 aliphatic carbocycles. The molecular formula is C16H23N3O3. The molecule has 0 radical (unpaired) electrons. The number of hydrogen-bond donors (Lipinski definition) is 1. The van der Waals surface area contributed by atoms with Crippen LogP contribution in [0, 0.1) is 6.92 Å². The average molecular weight is 305 g/mol. The van der Waals surface area contributed by atoms with Crippen molar-refractivity contribution in [2.45, 2.75) is 51.2 Å². The topological polar surface area (TPSA) is 75.6 Å². The summed E-state index contributed by atoms with van der Waals surface area (Å²) in [5.41, 5.74) is 0.901. The van der Waals surface area contributed by atoms with Crippen molar-refractivity contribution in [2.75, 3.05) is 24.6 Å². The van der Waals surface area contributed by atoms with E-state index in [1.807, 2.05) is 6.92 Å². The van der Waals surface area contributed by atoms with Crippen LogP contribution in [-0.4, -0.2) is 52.3 Å². The molecule has 2 aliphatic rings. The number of piperidine rings is 1. The van der Waals surface area contributed by atoms with E-state index in [4.69, 9.17) is 4.74 Å². The van der Waals surface area contributed by atoms with Gasteiger partial charge in [0, 0.05) is 25.9 Å². The molecule has 0 bridgehead atoms. The highest BCUT2D eigenvalue weighted by atomic mass is 16.5. The summed E-state index contributed by atoms with van der Waals surface area (Å²) in [5.74, 6) is 0.642. The number of aliphatic hydroxyl groups excluding tert-OH is 1. The Labute approximate surface area is 130 Å². The summed E-state index contributed by atoms with van der Waals surface area (Å²) in [4.78, 5) is 22.3. The van der Waals surface area contributed by atoms with Crippen LogP contribution in [-0.2, 0) is 4.74 Å². The third kappa shape index (κ3) is 2.73. The molecule has 6 nitrogen and oxygen atoms in total. The second-order valence-corrected chi connectivity index (χ2v) is 6.28. The number of Topliss-reactive ketones (excluding diaryl/α,β-unsaturated/α-hetero) is 1. The maximum absolute atomic E-state index is 11.5. The quantitative estimate of drug-likeness (QED) is 0.835. The zero-order chi connectivity index (χ0) is 15.7. The summed E-state index contributed by atoms with van der Waals surface area (Å²) in [6, 6.07) is 0. The highest BCUT2D eigenvalue weighted by Gasteiger charge is 2.44. The Morgan fingerprint density at radius 1 is 1.45 bits per heavy atom. The van der Waals surface area contributed by atoms with Crippen molar-refractivity contribution in [1.29, 1.82) is 0 Å². The first kappa shape index (κ1) is 15.4. The van der Waals surface area contributed by atoms with Gasteiger partial charge in [0.05, 0.1) is 23.0 Å². The molecule has 120 valence electrons. The normalized spacial score (nSPS) is 24.5. The fourth-order valence-corrected chi connectivity index (χ4v) is 3.43. The van der Waals surface area contributed by atoms with Crippen LogP contribution < -0.4 is 4.90 Å². The van der Waals surface area contributed by atoms with Crippen LogP contribution in [0.15, 0.2) is 6.20 Å². The van der Waals surface area contributed by atoms with Crippen LogP contribution >= 0.6 is 0 Å². The van der Waals surface area contributed by atoms with Gasteiger partial charge in [-0.25, -0.2) is 9.97 Å². The van der Waals surface area contributed by atoms with Crippen molar-refractivity contribution in [1.82, 2.24) is 9.97 Å². The Morgan fingerprint density at radius 3 is 2.77 bits per heavy atom. The van der Waals surface area contributed by atoms with E-state index in [0.717, 1.165) is 45.4 Å². The minimum Gasteiger partial charge on any atom is -0.390 e. The van der Waals surface area contributed by atoms with Gasteiger partial charge in [0.25, 0.3) is 0 Å². The van der Waals surface area contributed by atoms with E-state index in [1.165, 1.54) is 6.92 Å². The van der Waals surface area contributed by atoms with Crippen LogP contribution in [0.2, 0.25) is 0 Å². The first-order chi connectivity index (χ1) is 10.5. The van der Waals surface area contributed by atoms with E-state index in [1.54, 1.807) is 6.20 Å². The number of ketones is 1. The van der Waals surface area contributed by atoms with Crippen molar-refractivity contribution in [3.63, 3.8) is 0 Å². The van der Waals surface area contributed by atoms with Crippen molar-refractivity contribution in [3.8, 4) is 0 Å². The molecule has 0 aromatic carbocycles. The first-order valence-corrected chi connectivity index (χ1v) is 7.93. The van der Waals surface area contributed by atoms with Gasteiger partial charge in [-0.3, -0.25) is 4.79 Å². The van der Waals surface area contributed by atoms with Crippen molar-refractivity contribution in [3.05, 3.63) is 17.5 Å². The molecule has 0 unspecified atom stereocenters. The zero-order valence-corrected chi connectivity index (χ0v) is 13.2. The van der Waals surface area contributed by atoms with Crippen molar-refractivity contribution in [2.24, 2.45) is 0 Å². The molecule has 3 rings (SSSR count). The Kier molecular flexibility index (Phi) is 4.14. The minimum absolute atomic E-state index is 0.0135. The van der Waals surface area contributed by atoms with Crippen molar-refractivity contribution < 1.29 is 14.6 Å². The molecule has 1 aromatic heterocycles. The number of aryl methyl sites for hydroxylation is 1. The lowest BCUT2D eigenvalue weighted by Crippen LogP contribution is -2.55. The van der Waals surface area contributed by atoms with E-state index < -0.39 is 0 Å². The number of rotatable bonds is 2. The predicted octanol–water partition coefficient (Wildman–Crippen LogP) is 1.50. The molecule has 1 N–H and O–H groups in total. The maximum Gasteiger partial charge on any atom is 0.225 e. The SMILES string of the molecule is CC(=O)c1cnc(N2CCC3(CC2)OCCC[C@@H]3O)nc1C. The largest absolute Gasteiger partial charge is 0.390 e. The standard InChI is InChI=1S/C16H23N3O3/c1-11-13(12(2)20)10-17-15(18-11)19-7-5-16(6-8-19)14(21)4-3-9-22-16/h10,14,21H,3-9H2,1-2H3/t14-/m0/s1. The molecule has 22 heavy (non-hydrogen) atoms. The summed E-state index contributed by atoms with van der Waals surface area (Å²) in [6.45, 7) is 5.62. The zero-order valence-electron chi connectivity index (χ0n) is 13.2. The van der Waals surface area contributed by atoms with Crippen LogP contribution in [0.25, 0.3) is 0 Å². The van der Waals surface area contributed by atoms with Gasteiger partial charge in [0.15, 0.2) is 5.78 Å². The molecule has 1 aromatic rings. The van der Waals surface area contributed by atoms with Gasteiger partial charge in [0.2, 0.25) is 5.95 Å². The van der Waals surface area contributed by atoms with Crippen LogP contribution in [0.1, 0.15) is 48.7 Å². The third-order valence-electron chi connectivity index (χ3n) is 4.86. The molecule has 2 saturated heterocycles. The van der Waals surface area contributed by atoms with Gasteiger partial charge < -0.3 is 14.7 Å². The highest BCUT2D eigenvalue weighted by Crippen LogP contribution is 2.35. The Hall–Kier alpha value is -1.53. The van der Waals surface area contributed by atoms with Gasteiger partial charge in [-0.1, -0.05) is 0 Å². The predicted molar refractivity (Wildman–Crippen MR) is 82.1 cm³/mol. The summed E-state index contributed by atoms with van der Waals surface area (Å²) in [5, 5.41) is 10.3. The van der Waals surface area contributed by atoms with E-state index in [9.17, 15) is 9.90 Å². The molecule has 0 saturated carbocycles. The average Bonchev–Trinajstić information content (AvgIpc) is 2.51. The van der Waals surface area contributed by atoms with Gasteiger partial charge in [-0.05, 0) is 39.5 Å². The fourth-order valence-electron chi connectivity index (χ4n) is 3.43. The molecule has 1 spiro atoms. The number of carbonyl (C=O) groups excluding carboxylic acids is 1. The Bertz CT molecular complexity index is 568. The maximum atomic E-state index is 11.5. The van der Waals surface area contributed by atoms with Crippen LogP contribution in [0.4, 0.5) is 5.95 Å². The summed E-state index contributed by atoms with van der Waals surface area (Å²) in [6.07, 6.45) is 4.56. The molecular weight excluding hydrogens is 282 g/mol. The number of aromatic nitrogens is 2. The second-order valence-electron chi connectivity index (χ2n) is 6.28. The van der Waals surface area contributed by atoms with Crippen molar-refractivity contribution >= 4 is 11.7 Å². The monoisotopic (exact) mass is 305 g/mol. The van der Waals surface area contributed by atoms with Gasteiger partial charge >= 0.3 is 0 Å². The fraction of sp³-hybridized carbons (Fsp3) is 0.688. The third-order valence-corrected chi connectivity index (χ3v) is 4.86. The van der Waals surface area contributed by atoms with Gasteiger partial charge in [-0.2, -0.15) is 0 Å². The molecule has 2 aliphatic heterocycles.